The summed E-state index contributed by atoms with van der Waals surface area (Å²) in [7, 11) is -0.00419. The van der Waals surface area contributed by atoms with E-state index in [1.54, 1.807) is 0 Å². The largest absolute Gasteiger partial charge is 0.242 e. The van der Waals surface area contributed by atoms with Gasteiger partial charge in [0.05, 0.1) is 10.8 Å². The number of nitrogens with zero attached hydrogens (tertiary/aromatic N) is 1. The quantitative estimate of drug-likeness (QED) is 0.197. The molecule has 1 aliphatic rings. The molecule has 0 spiro atoms. The second-order valence-electron chi connectivity index (χ2n) is 13.9. The average molecular weight is 596 g/mol. The SMILES string of the molecule is CN([C@@H](c1ccc2c(c1)C(C)(C)CCC2(C)C)c1ccccc1P(c1ccccc1)c1ccccc1)[S@](=O)C(C)(C)C. The first-order chi connectivity index (χ1) is 19.8. The molecule has 220 valence electrons. The molecule has 4 heteroatoms. The summed E-state index contributed by atoms with van der Waals surface area (Å²) in [6.45, 7) is 15.7. The summed E-state index contributed by atoms with van der Waals surface area (Å²) in [6.07, 6.45) is 2.35. The van der Waals surface area contributed by atoms with Crippen LogP contribution < -0.4 is 15.9 Å². The van der Waals surface area contributed by atoms with Crippen molar-refractivity contribution < 1.29 is 4.21 Å². The molecule has 0 saturated carbocycles. The zero-order chi connectivity index (χ0) is 30.3. The van der Waals surface area contributed by atoms with E-state index in [9.17, 15) is 4.21 Å². The molecule has 2 nitrogen and oxygen atoms in total. The Kier molecular flexibility index (Phi) is 8.70. The van der Waals surface area contributed by atoms with Crippen LogP contribution in [0.3, 0.4) is 0 Å². The minimum absolute atomic E-state index is 0.0907. The van der Waals surface area contributed by atoms with Crippen LogP contribution in [0.2, 0.25) is 0 Å². The molecular formula is C38H46NOPS. The maximum atomic E-state index is 14.1. The fraction of sp³-hybridized carbons (Fsp3) is 0.368. The highest BCUT2D eigenvalue weighted by Crippen LogP contribution is 2.47. The normalized spacial score (nSPS) is 17.6. The second kappa shape index (κ2) is 11.8. The van der Waals surface area contributed by atoms with Crippen molar-refractivity contribution in [2.24, 2.45) is 0 Å². The maximum Gasteiger partial charge on any atom is 0.100 e. The van der Waals surface area contributed by atoms with Crippen LogP contribution in [0.1, 0.15) is 89.6 Å². The average Bonchev–Trinajstić information content (AvgIpc) is 2.97. The Morgan fingerprint density at radius 3 is 1.76 bits per heavy atom. The number of hydrogen-bond donors (Lipinski definition) is 0. The molecule has 0 saturated heterocycles. The summed E-state index contributed by atoms with van der Waals surface area (Å²) < 4.78 is 15.9. The fourth-order valence-corrected chi connectivity index (χ4v) is 10.2. The third-order valence-electron chi connectivity index (χ3n) is 8.84. The van der Waals surface area contributed by atoms with Crippen molar-refractivity contribution in [3.05, 3.63) is 125 Å². The highest BCUT2D eigenvalue weighted by Gasteiger charge is 2.39. The van der Waals surface area contributed by atoms with Crippen LogP contribution in [0.25, 0.3) is 0 Å². The third-order valence-corrected chi connectivity index (χ3v) is 13.1. The van der Waals surface area contributed by atoms with Crippen molar-refractivity contribution in [1.82, 2.24) is 4.31 Å². The zero-order valence-corrected chi connectivity index (χ0v) is 28.2. The molecule has 0 fully saturated rings. The molecule has 0 N–H and O–H groups in total. The van der Waals surface area contributed by atoms with Crippen molar-refractivity contribution in [3.8, 4) is 0 Å². The number of hydrogen-bond acceptors (Lipinski definition) is 1. The second-order valence-corrected chi connectivity index (χ2v) is 18.4. The smallest absolute Gasteiger partial charge is 0.100 e. The molecule has 42 heavy (non-hydrogen) atoms. The first kappa shape index (κ1) is 30.9. The summed E-state index contributed by atoms with van der Waals surface area (Å²) in [5, 5.41) is 3.95. The van der Waals surface area contributed by atoms with Crippen LogP contribution in [-0.2, 0) is 21.8 Å². The molecule has 0 radical (unpaired) electrons. The lowest BCUT2D eigenvalue weighted by molar-refractivity contribution is 0.330. The van der Waals surface area contributed by atoms with Gasteiger partial charge in [-0.05, 0) is 90.5 Å². The predicted molar refractivity (Wildman–Crippen MR) is 184 cm³/mol. The van der Waals surface area contributed by atoms with Gasteiger partial charge in [0.15, 0.2) is 0 Å². The topological polar surface area (TPSA) is 20.3 Å². The zero-order valence-electron chi connectivity index (χ0n) is 26.5. The van der Waals surface area contributed by atoms with E-state index >= 15 is 0 Å². The molecule has 2 atom stereocenters. The van der Waals surface area contributed by atoms with E-state index in [4.69, 9.17) is 0 Å². The Bertz CT molecular complexity index is 1520. The van der Waals surface area contributed by atoms with Gasteiger partial charge in [-0.15, -0.1) is 0 Å². The monoisotopic (exact) mass is 595 g/mol. The molecule has 0 unspecified atom stereocenters. The van der Waals surface area contributed by atoms with E-state index in [2.05, 4.69) is 156 Å². The van der Waals surface area contributed by atoms with Gasteiger partial charge in [0.2, 0.25) is 0 Å². The van der Waals surface area contributed by atoms with E-state index in [1.807, 2.05) is 7.05 Å². The summed E-state index contributed by atoms with van der Waals surface area (Å²) in [6, 6.07) is 37.6. The molecule has 4 aromatic rings. The van der Waals surface area contributed by atoms with E-state index in [-0.39, 0.29) is 21.6 Å². The van der Waals surface area contributed by atoms with Gasteiger partial charge in [-0.3, -0.25) is 0 Å². The summed E-state index contributed by atoms with van der Waals surface area (Å²) in [5.74, 6) is 0. The van der Waals surface area contributed by atoms with E-state index in [0.29, 0.717) is 0 Å². The van der Waals surface area contributed by atoms with Crippen LogP contribution >= 0.6 is 7.92 Å². The van der Waals surface area contributed by atoms with Gasteiger partial charge < -0.3 is 0 Å². The van der Waals surface area contributed by atoms with Gasteiger partial charge in [-0.25, -0.2) is 8.51 Å². The van der Waals surface area contributed by atoms with Crippen LogP contribution in [0.15, 0.2) is 103 Å². The van der Waals surface area contributed by atoms with E-state index in [1.165, 1.54) is 44.6 Å². The Labute approximate surface area is 257 Å². The molecule has 0 aliphatic heterocycles. The van der Waals surface area contributed by atoms with Crippen LogP contribution in [0, 0.1) is 0 Å². The minimum Gasteiger partial charge on any atom is -0.242 e. The highest BCUT2D eigenvalue weighted by atomic mass is 32.2. The van der Waals surface area contributed by atoms with E-state index < -0.39 is 18.9 Å². The van der Waals surface area contributed by atoms with Gasteiger partial charge in [0.1, 0.15) is 11.0 Å². The highest BCUT2D eigenvalue weighted by molar-refractivity contribution is 7.84. The first-order valence-electron chi connectivity index (χ1n) is 15.1. The lowest BCUT2D eigenvalue weighted by Gasteiger charge is -2.43. The minimum atomic E-state index is -1.22. The molecule has 4 aromatic carbocycles. The van der Waals surface area contributed by atoms with Crippen LogP contribution in [-0.4, -0.2) is 20.3 Å². The van der Waals surface area contributed by atoms with Crippen molar-refractivity contribution in [2.45, 2.75) is 82.9 Å². The lowest BCUT2D eigenvalue weighted by atomic mass is 9.63. The molecular weight excluding hydrogens is 549 g/mol. The van der Waals surface area contributed by atoms with Gasteiger partial charge >= 0.3 is 0 Å². The Morgan fingerprint density at radius 1 is 0.714 bits per heavy atom. The molecule has 5 rings (SSSR count). The van der Waals surface area contributed by atoms with Crippen molar-refractivity contribution in [1.29, 1.82) is 0 Å². The standard InChI is InChI=1S/C38H46NOPS/c1-36(2,3)42(40)39(8)35(28-23-24-32-33(27-28)38(6,7)26-25-37(32,4)5)31-21-15-16-22-34(31)41(29-17-11-9-12-18-29)30-19-13-10-14-20-30/h9-24,27,35H,25-26H2,1-8H3/t35-,42+/m0/s1. The number of benzene rings is 4. The predicted octanol–water partition coefficient (Wildman–Crippen LogP) is 8.28. The Balaban J connectivity index is 1.76. The number of rotatable bonds is 7. The molecule has 1 aliphatic carbocycles. The number of fused-ring (bicyclic) bond motifs is 1. The van der Waals surface area contributed by atoms with Gasteiger partial charge in [0, 0.05) is 7.05 Å². The molecule has 0 amide bonds. The van der Waals surface area contributed by atoms with Gasteiger partial charge in [0.25, 0.3) is 0 Å². The van der Waals surface area contributed by atoms with Crippen molar-refractivity contribution >= 4 is 34.8 Å². The van der Waals surface area contributed by atoms with Crippen LogP contribution in [0.5, 0.6) is 0 Å². The van der Waals surface area contributed by atoms with E-state index in [0.717, 1.165) is 6.42 Å². The Hall–Kier alpha value is -2.58. The molecule has 0 bridgehead atoms. The van der Waals surface area contributed by atoms with Gasteiger partial charge in [-0.1, -0.05) is 131 Å². The Morgan fingerprint density at radius 2 is 1.21 bits per heavy atom. The third kappa shape index (κ3) is 6.07. The van der Waals surface area contributed by atoms with Crippen molar-refractivity contribution in [2.75, 3.05) is 7.05 Å². The molecule has 0 aromatic heterocycles. The summed E-state index contributed by atoms with van der Waals surface area (Å²) >= 11 is 0. The van der Waals surface area contributed by atoms with Crippen molar-refractivity contribution in [3.63, 3.8) is 0 Å². The fourth-order valence-electron chi connectivity index (χ4n) is 6.39. The maximum absolute atomic E-state index is 14.1. The first-order valence-corrected chi connectivity index (χ1v) is 17.5. The summed E-state index contributed by atoms with van der Waals surface area (Å²) in [4.78, 5) is 0. The summed E-state index contributed by atoms with van der Waals surface area (Å²) in [5.41, 5.74) is 5.55. The molecule has 0 heterocycles. The lowest BCUT2D eigenvalue weighted by Crippen LogP contribution is -2.40. The van der Waals surface area contributed by atoms with Crippen LogP contribution in [0.4, 0.5) is 0 Å². The van der Waals surface area contributed by atoms with Gasteiger partial charge in [-0.2, -0.15) is 0 Å².